The topological polar surface area (TPSA) is 202 Å². The van der Waals surface area contributed by atoms with Crippen molar-refractivity contribution in [3.05, 3.63) is 41.1 Å². The van der Waals surface area contributed by atoms with E-state index in [0.717, 1.165) is 17.6 Å². The van der Waals surface area contributed by atoms with E-state index in [1.807, 2.05) is 0 Å². The minimum Gasteiger partial charge on any atom is -0.431 e. The number of rotatable bonds is 14. The van der Waals surface area contributed by atoms with Crippen LogP contribution in [0.3, 0.4) is 0 Å². The molecule has 0 spiro atoms. The Morgan fingerprint density at radius 1 is 1.11 bits per heavy atom. The molecular weight excluding hydrogens is 626 g/mol. The molecule has 1 fully saturated rings. The second kappa shape index (κ2) is 15.1. The van der Waals surface area contributed by atoms with Gasteiger partial charge in [-0.1, -0.05) is 22.9 Å². The van der Waals surface area contributed by atoms with E-state index in [4.69, 9.17) is 23.1 Å². The molecule has 2 aliphatic rings. The third-order valence-corrected chi connectivity index (χ3v) is 8.48. The second-order valence-corrected chi connectivity index (χ2v) is 12.2. The predicted molar refractivity (Wildman–Crippen MR) is 151 cm³/mol. The molecule has 1 unspecified atom stereocenters. The molecule has 0 bridgehead atoms. The fourth-order valence-corrected chi connectivity index (χ4v) is 6.07. The van der Waals surface area contributed by atoms with Crippen LogP contribution in [0.2, 0.25) is 0 Å². The summed E-state index contributed by atoms with van der Waals surface area (Å²) < 4.78 is 49.4. The number of fused-ring (bicyclic) bond motifs is 1. The summed E-state index contributed by atoms with van der Waals surface area (Å²) in [6.45, 7) is 3.09. The minimum absolute atomic E-state index is 0.0220. The summed E-state index contributed by atoms with van der Waals surface area (Å²) in [4.78, 5) is 68.8. The minimum atomic E-state index is -4.33. The molecule has 1 aromatic rings. The van der Waals surface area contributed by atoms with Gasteiger partial charge in [0.1, 0.15) is 30.8 Å². The number of carbonyl (C=O) groups is 5. The zero-order chi connectivity index (χ0) is 32.6. The van der Waals surface area contributed by atoms with E-state index >= 15 is 0 Å². The highest BCUT2D eigenvalue weighted by atomic mass is 32.2. The van der Waals surface area contributed by atoms with Crippen LogP contribution in [0, 0.1) is 6.92 Å². The Kier molecular flexibility index (Phi) is 11.9. The molecule has 2 heterocycles. The van der Waals surface area contributed by atoms with Gasteiger partial charge in [-0.2, -0.15) is 8.42 Å². The summed E-state index contributed by atoms with van der Waals surface area (Å²) in [5, 5.41) is 4.97. The number of thioether (sulfide) groups is 1. The standard InChI is InChI=1S/C26H31N3O13S2/c1-14(2)42-26(34)40-13-39-25(33)21-16(10-37-4)12-43-24-20(23(32)29(21)24)27-22(31)19(28-38-5)18(30)11-41-44(35,36)17-8-6-15(3)7-9-17/h6-9,14,20,24H,10-13H2,1-5H3,(H,27,31)/t20?,24-/m1/s1. The molecule has 0 aromatic heterocycles. The van der Waals surface area contributed by atoms with Gasteiger partial charge in [0.2, 0.25) is 18.3 Å². The summed E-state index contributed by atoms with van der Waals surface area (Å²) in [6, 6.07) is 4.48. The number of nitrogens with zero attached hydrogens (tertiary/aromatic N) is 2. The predicted octanol–water partition coefficient (Wildman–Crippen LogP) is 0.635. The highest BCUT2D eigenvalue weighted by Gasteiger charge is 2.55. The first-order chi connectivity index (χ1) is 20.8. The largest absolute Gasteiger partial charge is 0.511 e. The summed E-state index contributed by atoms with van der Waals surface area (Å²) in [5.41, 5.74) is 0.215. The maximum atomic E-state index is 13.1. The average Bonchev–Trinajstić information content (AvgIpc) is 2.97. The number of hydrogen-bond donors (Lipinski definition) is 1. The van der Waals surface area contributed by atoms with E-state index in [0.29, 0.717) is 5.57 Å². The summed E-state index contributed by atoms with van der Waals surface area (Å²) in [6.07, 6.45) is -1.51. The number of nitrogens with one attached hydrogen (secondary N) is 1. The van der Waals surface area contributed by atoms with Gasteiger partial charge in [-0.3, -0.25) is 23.5 Å². The molecule has 0 radical (unpaired) electrons. The molecule has 240 valence electrons. The molecule has 0 aliphatic carbocycles. The number of hydrogen-bond acceptors (Lipinski definition) is 15. The van der Waals surface area contributed by atoms with Gasteiger partial charge in [0.25, 0.3) is 21.9 Å². The first-order valence-electron chi connectivity index (χ1n) is 12.9. The highest BCUT2D eigenvalue weighted by Crippen LogP contribution is 2.40. The fourth-order valence-electron chi connectivity index (χ4n) is 3.88. The van der Waals surface area contributed by atoms with Gasteiger partial charge in [-0.15, -0.1) is 11.8 Å². The van der Waals surface area contributed by atoms with Gasteiger partial charge < -0.3 is 29.1 Å². The van der Waals surface area contributed by atoms with Gasteiger partial charge in [-0.25, -0.2) is 9.59 Å². The number of carbonyl (C=O) groups excluding carboxylic acids is 5. The first-order valence-corrected chi connectivity index (χ1v) is 15.3. The number of benzene rings is 1. The van der Waals surface area contributed by atoms with E-state index in [2.05, 4.69) is 15.3 Å². The SMILES string of the molecule is COCC1=C(C(=O)OCOC(=O)OC(C)C)N2C(=O)C(NC(=O)C(=NOC)C(=O)COS(=O)(=O)c3ccc(C)cc3)[C@H]2SC1. The number of β-lactam (4-membered cyclic amide) rings is 1. The molecule has 44 heavy (non-hydrogen) atoms. The number of ether oxygens (including phenoxy) is 4. The molecule has 1 saturated heterocycles. The normalized spacial score (nSPS) is 18.3. The van der Waals surface area contributed by atoms with E-state index in [1.165, 1.54) is 31.0 Å². The molecular formula is C26H31N3O13S2. The van der Waals surface area contributed by atoms with Gasteiger partial charge >= 0.3 is 12.1 Å². The van der Waals surface area contributed by atoms with Gasteiger partial charge in [0.15, 0.2) is 0 Å². The van der Waals surface area contributed by atoms with Crippen LogP contribution in [0.1, 0.15) is 19.4 Å². The zero-order valence-electron chi connectivity index (χ0n) is 24.4. The number of amides is 2. The number of ketones is 1. The highest BCUT2D eigenvalue weighted by molar-refractivity contribution is 8.00. The first kappa shape index (κ1) is 34.5. The number of Topliss-reactive ketones (excluding diaryl/α,β-unsaturated/α-hetero) is 1. The molecule has 0 saturated carbocycles. The number of methoxy groups -OCH3 is 1. The maximum Gasteiger partial charge on any atom is 0.511 e. The summed E-state index contributed by atoms with van der Waals surface area (Å²) >= 11 is 1.20. The lowest BCUT2D eigenvalue weighted by molar-refractivity contribution is -0.158. The smallest absolute Gasteiger partial charge is 0.431 e. The lowest BCUT2D eigenvalue weighted by Gasteiger charge is -2.49. The Morgan fingerprint density at radius 3 is 2.41 bits per heavy atom. The Morgan fingerprint density at radius 2 is 1.80 bits per heavy atom. The van der Waals surface area contributed by atoms with Crippen LogP contribution < -0.4 is 5.32 Å². The van der Waals surface area contributed by atoms with Crippen molar-refractivity contribution in [3.8, 4) is 0 Å². The Labute approximate surface area is 257 Å². The van der Waals surface area contributed by atoms with Crippen LogP contribution in [0.5, 0.6) is 0 Å². The monoisotopic (exact) mass is 657 g/mol. The van der Waals surface area contributed by atoms with Crippen molar-refractivity contribution in [2.24, 2.45) is 5.16 Å². The molecule has 2 amide bonds. The molecule has 16 nitrogen and oxygen atoms in total. The van der Waals surface area contributed by atoms with Crippen molar-refractivity contribution >= 4 is 57.3 Å². The van der Waals surface area contributed by atoms with Crippen molar-refractivity contribution in [3.63, 3.8) is 0 Å². The molecule has 2 atom stereocenters. The van der Waals surface area contributed by atoms with Crippen LogP contribution in [0.4, 0.5) is 4.79 Å². The number of aryl methyl sites for hydroxylation is 1. The third kappa shape index (κ3) is 8.34. The van der Waals surface area contributed by atoms with E-state index in [9.17, 15) is 32.4 Å². The van der Waals surface area contributed by atoms with Crippen LogP contribution in [-0.4, -0.2) is 106 Å². The van der Waals surface area contributed by atoms with E-state index in [-0.39, 0.29) is 23.0 Å². The van der Waals surface area contributed by atoms with Gasteiger partial charge in [0, 0.05) is 12.9 Å². The molecule has 1 aromatic carbocycles. The Balaban J connectivity index is 1.67. The quantitative estimate of drug-likeness (QED) is 0.0555. The van der Waals surface area contributed by atoms with E-state index in [1.54, 1.807) is 32.9 Å². The molecule has 18 heteroatoms. The maximum absolute atomic E-state index is 13.1. The second-order valence-electron chi connectivity index (χ2n) is 9.43. The van der Waals surface area contributed by atoms with Crippen LogP contribution in [-0.2, 0) is 57.3 Å². The van der Waals surface area contributed by atoms with Crippen LogP contribution in [0.15, 0.2) is 45.6 Å². The van der Waals surface area contributed by atoms with Crippen LogP contribution >= 0.6 is 11.8 Å². The van der Waals surface area contributed by atoms with Gasteiger partial charge in [-0.05, 0) is 38.5 Å². The molecule has 3 rings (SSSR count). The van der Waals surface area contributed by atoms with E-state index < -0.39 is 76.5 Å². The number of esters is 1. The summed E-state index contributed by atoms with van der Waals surface area (Å²) in [7, 11) is -1.88. The lowest BCUT2D eigenvalue weighted by atomic mass is 10.0. The van der Waals surface area contributed by atoms with Crippen molar-refractivity contribution in [2.45, 2.75) is 43.2 Å². The lowest BCUT2D eigenvalue weighted by Crippen LogP contribution is -2.71. The van der Waals surface area contributed by atoms with Crippen LogP contribution in [0.25, 0.3) is 0 Å². The van der Waals surface area contributed by atoms with Crippen molar-refractivity contribution in [1.82, 2.24) is 10.2 Å². The fraction of sp³-hybridized carbons (Fsp3) is 0.462. The van der Waals surface area contributed by atoms with Crippen molar-refractivity contribution in [2.75, 3.05) is 40.0 Å². The summed E-state index contributed by atoms with van der Waals surface area (Å²) in [5.74, 6) is -3.78. The average molecular weight is 658 g/mol. The number of oxime groups is 1. The van der Waals surface area contributed by atoms with Crippen molar-refractivity contribution < 1.29 is 60.4 Å². The molecule has 2 aliphatic heterocycles. The van der Waals surface area contributed by atoms with Gasteiger partial charge in [0.05, 0.1) is 17.6 Å². The van der Waals surface area contributed by atoms with Crippen molar-refractivity contribution in [1.29, 1.82) is 0 Å². The third-order valence-electron chi connectivity index (χ3n) is 5.86. The Hall–Kier alpha value is -4.00. The zero-order valence-corrected chi connectivity index (χ0v) is 26.0. The Bertz CT molecular complexity index is 1460. The molecule has 1 N–H and O–H groups in total.